The van der Waals surface area contributed by atoms with Crippen LogP contribution in [0, 0.1) is 23.2 Å². The Hall–Kier alpha value is -1.34. The van der Waals surface area contributed by atoms with E-state index in [0.29, 0.717) is 18.6 Å². The summed E-state index contributed by atoms with van der Waals surface area (Å²) in [6, 6.07) is 9.19. The van der Waals surface area contributed by atoms with Crippen LogP contribution in [0.2, 0.25) is 0 Å². The molecule has 0 heterocycles. The Kier molecular flexibility index (Phi) is 11.3. The highest BCUT2D eigenvalue weighted by Gasteiger charge is 2.36. The average molecular weight is 451 g/mol. The van der Waals surface area contributed by atoms with Gasteiger partial charge in [0, 0.05) is 0 Å². The van der Waals surface area contributed by atoms with E-state index >= 15 is 0 Å². The van der Waals surface area contributed by atoms with Crippen molar-refractivity contribution in [1.82, 2.24) is 0 Å². The van der Waals surface area contributed by atoms with Crippen LogP contribution in [0.5, 0.6) is 0 Å². The third-order valence-electron chi connectivity index (χ3n) is 8.94. The molecule has 1 atom stereocenters. The normalized spacial score (nSPS) is 23.7. The molecule has 2 saturated carbocycles. The van der Waals surface area contributed by atoms with Gasteiger partial charge in [-0.15, -0.1) is 13.2 Å². The van der Waals surface area contributed by atoms with Gasteiger partial charge in [-0.1, -0.05) is 81.9 Å². The molecule has 33 heavy (non-hydrogen) atoms. The van der Waals surface area contributed by atoms with E-state index in [2.05, 4.69) is 50.4 Å². The fraction of sp³-hybridized carbons (Fsp3) is 0.688. The molecule has 0 aromatic heterocycles. The van der Waals surface area contributed by atoms with E-state index in [1.165, 1.54) is 107 Å². The van der Waals surface area contributed by atoms with Crippen molar-refractivity contribution in [2.24, 2.45) is 23.2 Å². The lowest BCUT2D eigenvalue weighted by molar-refractivity contribution is 0.0856. The Bertz CT molecular complexity index is 673. The quantitative estimate of drug-likeness (QED) is 0.202. The summed E-state index contributed by atoms with van der Waals surface area (Å²) in [4.78, 5) is 0. The van der Waals surface area contributed by atoms with Crippen molar-refractivity contribution in [2.45, 2.75) is 110 Å². The van der Waals surface area contributed by atoms with Gasteiger partial charge in [-0.05, 0) is 92.1 Å². The van der Waals surface area contributed by atoms with Crippen molar-refractivity contribution in [1.29, 1.82) is 0 Å². The lowest BCUT2D eigenvalue weighted by Crippen LogP contribution is -2.31. The molecule has 0 spiro atoms. The number of aryl methyl sites for hydroxylation is 1. The number of rotatable bonds is 14. The molecule has 0 amide bonds. The molecule has 1 nitrogen and oxygen atoms in total. The molecule has 2 aliphatic rings. The first-order chi connectivity index (χ1) is 16.2. The van der Waals surface area contributed by atoms with Crippen molar-refractivity contribution < 1.29 is 4.74 Å². The summed E-state index contributed by atoms with van der Waals surface area (Å²) in [7, 11) is 0. The highest BCUT2D eigenvalue weighted by Crippen LogP contribution is 2.49. The molecule has 1 aromatic rings. The molecule has 0 N–H and O–H groups in total. The predicted octanol–water partition coefficient (Wildman–Crippen LogP) is 9.46. The predicted molar refractivity (Wildman–Crippen MR) is 143 cm³/mol. The summed E-state index contributed by atoms with van der Waals surface area (Å²) in [5, 5.41) is 0. The van der Waals surface area contributed by atoms with Crippen LogP contribution in [0.1, 0.15) is 108 Å². The van der Waals surface area contributed by atoms with Gasteiger partial charge in [0.2, 0.25) is 0 Å². The number of hydrogen-bond donors (Lipinski definition) is 0. The van der Waals surface area contributed by atoms with Crippen molar-refractivity contribution in [3.8, 4) is 0 Å². The third kappa shape index (κ3) is 8.43. The second kappa shape index (κ2) is 14.1. The molecule has 0 aliphatic heterocycles. The summed E-state index contributed by atoms with van der Waals surface area (Å²) in [5.41, 5.74) is 3.36. The Balaban J connectivity index is 1.55. The van der Waals surface area contributed by atoms with E-state index < -0.39 is 0 Å². The molecule has 1 heteroatoms. The molecule has 0 radical (unpaired) electrons. The molecule has 0 saturated heterocycles. The standard InChI is InChI=1S/C32H50O/c1-4-7-11-27-16-18-31(19-17-27)30(6-3)25-32(21-9-8-10-22-32)23-20-28-12-14-29(15-13-28)26-33-24-5-2/h4-5,12-15,27,30-31H,1-2,6-11,16-26H2,3H3. The minimum absolute atomic E-state index is 0.588. The maximum Gasteiger partial charge on any atom is 0.0721 e. The van der Waals surface area contributed by atoms with Crippen molar-refractivity contribution in [3.63, 3.8) is 0 Å². The van der Waals surface area contributed by atoms with Crippen LogP contribution in [0.3, 0.4) is 0 Å². The van der Waals surface area contributed by atoms with Gasteiger partial charge in [0.15, 0.2) is 0 Å². The van der Waals surface area contributed by atoms with Crippen LogP contribution in [0.25, 0.3) is 0 Å². The second-order valence-corrected chi connectivity index (χ2v) is 11.2. The number of allylic oxidation sites excluding steroid dienone is 1. The Morgan fingerprint density at radius 2 is 1.67 bits per heavy atom. The zero-order valence-electron chi connectivity index (χ0n) is 21.5. The third-order valence-corrected chi connectivity index (χ3v) is 8.94. The maximum absolute atomic E-state index is 5.60. The van der Waals surface area contributed by atoms with Crippen molar-refractivity contribution in [3.05, 3.63) is 60.7 Å². The van der Waals surface area contributed by atoms with Crippen LogP contribution < -0.4 is 0 Å². The first kappa shape index (κ1) is 26.3. The van der Waals surface area contributed by atoms with Gasteiger partial charge in [0.05, 0.1) is 13.2 Å². The molecular weight excluding hydrogens is 400 g/mol. The molecule has 184 valence electrons. The van der Waals surface area contributed by atoms with Crippen LogP contribution in [-0.2, 0) is 17.8 Å². The number of ether oxygens (including phenoxy) is 1. The van der Waals surface area contributed by atoms with E-state index in [1.54, 1.807) is 0 Å². The highest BCUT2D eigenvalue weighted by molar-refractivity contribution is 5.22. The summed E-state index contributed by atoms with van der Waals surface area (Å²) < 4.78 is 5.60. The van der Waals surface area contributed by atoms with Gasteiger partial charge in [-0.2, -0.15) is 0 Å². The topological polar surface area (TPSA) is 9.23 Å². The molecular formula is C32H50O. The lowest BCUT2D eigenvalue weighted by atomic mass is 9.62. The van der Waals surface area contributed by atoms with E-state index in [4.69, 9.17) is 4.74 Å². The van der Waals surface area contributed by atoms with Gasteiger partial charge in [0.25, 0.3) is 0 Å². The van der Waals surface area contributed by atoms with E-state index in [0.717, 1.165) is 17.8 Å². The van der Waals surface area contributed by atoms with Gasteiger partial charge >= 0.3 is 0 Å². The highest BCUT2D eigenvalue weighted by atomic mass is 16.5. The maximum atomic E-state index is 5.60. The monoisotopic (exact) mass is 450 g/mol. The van der Waals surface area contributed by atoms with Gasteiger partial charge in [0.1, 0.15) is 0 Å². The Labute approximate surface area is 205 Å². The smallest absolute Gasteiger partial charge is 0.0721 e. The number of hydrogen-bond acceptors (Lipinski definition) is 1. The van der Waals surface area contributed by atoms with Gasteiger partial charge in [-0.3, -0.25) is 0 Å². The zero-order valence-corrected chi connectivity index (χ0v) is 21.5. The molecule has 2 aliphatic carbocycles. The fourth-order valence-electron chi connectivity index (χ4n) is 6.83. The first-order valence-corrected chi connectivity index (χ1v) is 14.1. The van der Waals surface area contributed by atoms with Crippen molar-refractivity contribution in [2.75, 3.05) is 6.61 Å². The van der Waals surface area contributed by atoms with E-state index in [-0.39, 0.29) is 0 Å². The minimum Gasteiger partial charge on any atom is -0.373 e. The Morgan fingerprint density at radius 1 is 0.970 bits per heavy atom. The lowest BCUT2D eigenvalue weighted by Gasteiger charge is -2.43. The second-order valence-electron chi connectivity index (χ2n) is 11.2. The molecule has 1 unspecified atom stereocenters. The van der Waals surface area contributed by atoms with E-state index in [9.17, 15) is 0 Å². The van der Waals surface area contributed by atoms with Crippen LogP contribution in [0.4, 0.5) is 0 Å². The summed E-state index contributed by atoms with van der Waals surface area (Å²) in [5.74, 6) is 2.88. The fourth-order valence-corrected chi connectivity index (χ4v) is 6.83. The van der Waals surface area contributed by atoms with Crippen LogP contribution >= 0.6 is 0 Å². The largest absolute Gasteiger partial charge is 0.373 e. The summed E-state index contributed by atoms with van der Waals surface area (Å²) in [6.07, 6.45) is 25.1. The SMILES string of the molecule is C=CCCC1CCC(C(CC)CC2(CCc3ccc(COCC=C)cc3)CCCCC2)CC1. The Morgan fingerprint density at radius 3 is 2.30 bits per heavy atom. The summed E-state index contributed by atoms with van der Waals surface area (Å²) in [6.45, 7) is 11.4. The van der Waals surface area contributed by atoms with Gasteiger partial charge < -0.3 is 4.74 Å². The summed E-state index contributed by atoms with van der Waals surface area (Å²) >= 11 is 0. The minimum atomic E-state index is 0.588. The molecule has 0 bridgehead atoms. The number of benzene rings is 1. The van der Waals surface area contributed by atoms with E-state index in [1.807, 2.05) is 6.08 Å². The average Bonchev–Trinajstić information content (AvgIpc) is 2.87. The van der Waals surface area contributed by atoms with Crippen LogP contribution in [0.15, 0.2) is 49.6 Å². The first-order valence-electron chi connectivity index (χ1n) is 14.1. The molecule has 2 fully saturated rings. The van der Waals surface area contributed by atoms with Crippen molar-refractivity contribution >= 4 is 0 Å². The molecule has 3 rings (SSSR count). The van der Waals surface area contributed by atoms with Gasteiger partial charge in [-0.25, -0.2) is 0 Å². The van der Waals surface area contributed by atoms with Crippen LogP contribution in [-0.4, -0.2) is 6.61 Å². The molecule has 1 aromatic carbocycles. The zero-order chi connectivity index (χ0) is 23.4.